The second kappa shape index (κ2) is 6.11. The molecule has 0 aliphatic carbocycles. The van der Waals surface area contributed by atoms with Crippen molar-refractivity contribution in [1.29, 1.82) is 0 Å². The first-order chi connectivity index (χ1) is 5.60. The van der Waals surface area contributed by atoms with Gasteiger partial charge in [0.15, 0.2) is 0 Å². The van der Waals surface area contributed by atoms with Crippen molar-refractivity contribution in [2.45, 2.75) is 26.1 Å². The van der Waals surface area contributed by atoms with Crippen molar-refractivity contribution in [2.24, 2.45) is 0 Å². The van der Waals surface area contributed by atoms with Crippen molar-refractivity contribution in [3.8, 4) is 0 Å². The Morgan fingerprint density at radius 1 is 1.17 bits per heavy atom. The van der Waals surface area contributed by atoms with Crippen LogP contribution in [0.25, 0.3) is 0 Å². The van der Waals surface area contributed by atoms with Gasteiger partial charge in [0.05, 0.1) is 12.2 Å². The molecule has 4 heteroatoms. The third kappa shape index (κ3) is 5.23. The van der Waals surface area contributed by atoms with Gasteiger partial charge in [-0.3, -0.25) is 8.37 Å². The first-order valence-corrected chi connectivity index (χ1v) is 4.61. The van der Waals surface area contributed by atoms with Crippen molar-refractivity contribution in [3.63, 3.8) is 0 Å². The van der Waals surface area contributed by atoms with Gasteiger partial charge in [0, 0.05) is 0 Å². The highest BCUT2D eigenvalue weighted by molar-refractivity contribution is 7.75. The predicted octanol–water partition coefficient (Wildman–Crippen LogP) is 1.75. The third-order valence-corrected chi connectivity index (χ3v) is 2.05. The first kappa shape index (κ1) is 11.6. The van der Waals surface area contributed by atoms with Crippen molar-refractivity contribution < 1.29 is 12.6 Å². The molecule has 2 atom stereocenters. The summed E-state index contributed by atoms with van der Waals surface area (Å²) in [5, 5.41) is 0. The normalized spacial score (nSPS) is 17.8. The highest BCUT2D eigenvalue weighted by atomic mass is 32.2. The molecule has 0 aliphatic rings. The SMILES string of the molecule is C=CC(C)OS(=O)OC(C)C=C. The van der Waals surface area contributed by atoms with Crippen molar-refractivity contribution in [2.75, 3.05) is 0 Å². The maximum Gasteiger partial charge on any atom is 0.305 e. The lowest BCUT2D eigenvalue weighted by atomic mass is 10.4. The molecule has 0 bridgehead atoms. The molecule has 0 fully saturated rings. The maximum absolute atomic E-state index is 11.0. The summed E-state index contributed by atoms with van der Waals surface area (Å²) in [5.41, 5.74) is 0. The van der Waals surface area contributed by atoms with Gasteiger partial charge >= 0.3 is 11.4 Å². The van der Waals surface area contributed by atoms with Crippen molar-refractivity contribution >= 4 is 11.4 Å². The van der Waals surface area contributed by atoms with Gasteiger partial charge in [-0.1, -0.05) is 12.2 Å². The van der Waals surface area contributed by atoms with E-state index in [0.29, 0.717) is 0 Å². The molecular weight excluding hydrogens is 176 g/mol. The Bertz CT molecular complexity index is 161. The minimum absolute atomic E-state index is 0.275. The Morgan fingerprint density at radius 2 is 1.50 bits per heavy atom. The molecule has 0 amide bonds. The van der Waals surface area contributed by atoms with E-state index in [1.807, 2.05) is 0 Å². The maximum atomic E-state index is 11.0. The molecule has 0 heterocycles. The van der Waals surface area contributed by atoms with Crippen LogP contribution in [0, 0.1) is 0 Å². The Hall–Kier alpha value is -0.450. The van der Waals surface area contributed by atoms with E-state index in [2.05, 4.69) is 13.2 Å². The van der Waals surface area contributed by atoms with E-state index in [-0.39, 0.29) is 12.2 Å². The van der Waals surface area contributed by atoms with Crippen molar-refractivity contribution in [1.82, 2.24) is 0 Å². The summed E-state index contributed by atoms with van der Waals surface area (Å²) in [4.78, 5) is 0. The molecule has 0 aliphatic heterocycles. The summed E-state index contributed by atoms with van der Waals surface area (Å²) in [5.74, 6) is 0. The van der Waals surface area contributed by atoms with E-state index in [0.717, 1.165) is 0 Å². The number of rotatable bonds is 6. The van der Waals surface area contributed by atoms with Gasteiger partial charge in [-0.05, 0) is 13.8 Å². The van der Waals surface area contributed by atoms with Gasteiger partial charge in [0.2, 0.25) is 0 Å². The quantitative estimate of drug-likeness (QED) is 0.598. The smallest absolute Gasteiger partial charge is 0.261 e. The third-order valence-electron chi connectivity index (χ3n) is 1.12. The Kier molecular flexibility index (Phi) is 5.88. The summed E-state index contributed by atoms with van der Waals surface area (Å²) in [6, 6.07) is 0. The number of hydrogen-bond acceptors (Lipinski definition) is 3. The Balaban J connectivity index is 3.73. The van der Waals surface area contributed by atoms with Gasteiger partial charge in [0.25, 0.3) is 0 Å². The van der Waals surface area contributed by atoms with Crippen LogP contribution in [0.15, 0.2) is 25.3 Å². The van der Waals surface area contributed by atoms with Crippen LogP contribution in [0.3, 0.4) is 0 Å². The van der Waals surface area contributed by atoms with Crippen LogP contribution in [0.2, 0.25) is 0 Å². The molecule has 0 spiro atoms. The van der Waals surface area contributed by atoms with Gasteiger partial charge < -0.3 is 0 Å². The van der Waals surface area contributed by atoms with Crippen molar-refractivity contribution in [3.05, 3.63) is 25.3 Å². The largest absolute Gasteiger partial charge is 0.305 e. The Labute approximate surface area is 75.9 Å². The topological polar surface area (TPSA) is 35.5 Å². The average molecular weight is 190 g/mol. The fourth-order valence-corrected chi connectivity index (χ4v) is 1.05. The van der Waals surface area contributed by atoms with E-state index in [4.69, 9.17) is 8.37 Å². The van der Waals surface area contributed by atoms with Crippen LogP contribution in [0.5, 0.6) is 0 Å². The zero-order valence-electron chi connectivity index (χ0n) is 7.36. The summed E-state index contributed by atoms with van der Waals surface area (Å²) in [6.45, 7) is 10.4. The van der Waals surface area contributed by atoms with Crippen LogP contribution in [-0.4, -0.2) is 16.4 Å². The van der Waals surface area contributed by atoms with E-state index >= 15 is 0 Å². The van der Waals surface area contributed by atoms with Crippen LogP contribution in [-0.2, 0) is 19.7 Å². The zero-order valence-corrected chi connectivity index (χ0v) is 8.17. The van der Waals surface area contributed by atoms with E-state index in [1.54, 1.807) is 26.0 Å². The van der Waals surface area contributed by atoms with Crippen LogP contribution in [0.1, 0.15) is 13.8 Å². The van der Waals surface area contributed by atoms with E-state index in [1.165, 1.54) is 0 Å². The molecule has 0 aromatic heterocycles. The molecule has 2 unspecified atom stereocenters. The molecule has 0 rings (SSSR count). The van der Waals surface area contributed by atoms with Crippen LogP contribution in [0.4, 0.5) is 0 Å². The molecule has 12 heavy (non-hydrogen) atoms. The Morgan fingerprint density at radius 3 is 1.75 bits per heavy atom. The summed E-state index contributed by atoms with van der Waals surface area (Å²) in [7, 11) is 0. The fraction of sp³-hybridized carbons (Fsp3) is 0.500. The minimum Gasteiger partial charge on any atom is -0.261 e. The first-order valence-electron chi connectivity index (χ1n) is 3.61. The molecule has 0 radical (unpaired) electrons. The molecule has 0 saturated carbocycles. The predicted molar refractivity (Wildman–Crippen MR) is 49.6 cm³/mol. The fourth-order valence-electron chi connectivity index (χ4n) is 0.349. The molecule has 0 saturated heterocycles. The van der Waals surface area contributed by atoms with Crippen LogP contribution < -0.4 is 0 Å². The summed E-state index contributed by atoms with van der Waals surface area (Å²) < 4.78 is 20.7. The average Bonchev–Trinajstić information content (AvgIpc) is 2.03. The van der Waals surface area contributed by atoms with E-state index in [9.17, 15) is 4.21 Å². The van der Waals surface area contributed by atoms with Gasteiger partial charge in [-0.2, -0.15) is 4.21 Å². The summed E-state index contributed by atoms with van der Waals surface area (Å²) in [6.07, 6.45) is 2.53. The summed E-state index contributed by atoms with van der Waals surface area (Å²) >= 11 is -1.72. The van der Waals surface area contributed by atoms with Gasteiger partial charge in [-0.25, -0.2) is 0 Å². The number of hydrogen-bond donors (Lipinski definition) is 0. The second-order valence-corrected chi connectivity index (χ2v) is 3.07. The monoisotopic (exact) mass is 190 g/mol. The zero-order chi connectivity index (χ0) is 9.56. The minimum atomic E-state index is -1.72. The molecular formula is C8H14O3S. The highest BCUT2D eigenvalue weighted by Crippen LogP contribution is 2.01. The second-order valence-electron chi connectivity index (χ2n) is 2.28. The molecule has 0 N–H and O–H groups in total. The molecule has 0 aromatic rings. The molecule has 70 valence electrons. The van der Waals surface area contributed by atoms with E-state index < -0.39 is 11.4 Å². The van der Waals surface area contributed by atoms with Gasteiger partial charge in [0.1, 0.15) is 0 Å². The van der Waals surface area contributed by atoms with Gasteiger partial charge in [-0.15, -0.1) is 13.2 Å². The molecule has 3 nitrogen and oxygen atoms in total. The highest BCUT2D eigenvalue weighted by Gasteiger charge is 2.07. The van der Waals surface area contributed by atoms with Crippen LogP contribution >= 0.6 is 0 Å². The molecule has 0 aromatic carbocycles. The lowest BCUT2D eigenvalue weighted by Crippen LogP contribution is -2.13. The standard InChI is InChI=1S/C8H14O3S/c1-5-7(3)10-12(9)11-8(4)6-2/h5-8H,1-2H2,3-4H3. The lowest BCUT2D eigenvalue weighted by molar-refractivity contribution is 0.205. The lowest BCUT2D eigenvalue weighted by Gasteiger charge is -2.09.